The normalized spacial score (nSPS) is 10.8. The molecule has 0 aromatic heterocycles. The summed E-state index contributed by atoms with van der Waals surface area (Å²) in [5.74, 6) is 1.23. The third kappa shape index (κ3) is 7.06. The predicted octanol–water partition coefficient (Wildman–Crippen LogP) is 3.99. The molecule has 0 saturated heterocycles. The van der Waals surface area contributed by atoms with Crippen molar-refractivity contribution in [3.63, 3.8) is 0 Å². The second-order valence-corrected chi connectivity index (χ2v) is 7.01. The zero-order chi connectivity index (χ0) is 22.8. The zero-order valence-electron chi connectivity index (χ0n) is 18.7. The number of nitrogens with one attached hydrogen (secondary N) is 1. The summed E-state index contributed by atoms with van der Waals surface area (Å²) in [6.07, 6.45) is 3.15. The molecule has 0 aliphatic carbocycles. The Morgan fingerprint density at radius 1 is 1.03 bits per heavy atom. The van der Waals surface area contributed by atoms with E-state index in [4.69, 9.17) is 14.2 Å². The number of methoxy groups -OCH3 is 2. The van der Waals surface area contributed by atoms with Crippen molar-refractivity contribution in [3.8, 4) is 17.2 Å². The van der Waals surface area contributed by atoms with Gasteiger partial charge in [-0.3, -0.25) is 9.59 Å². The number of carbonyl (C=O) groups excluding carboxylic acids is 2. The number of nitrogens with zero attached hydrogens (tertiary/aromatic N) is 1. The van der Waals surface area contributed by atoms with Crippen molar-refractivity contribution in [2.75, 3.05) is 32.6 Å². The Balaban J connectivity index is 2.03. The van der Waals surface area contributed by atoms with E-state index in [1.54, 1.807) is 43.5 Å². The van der Waals surface area contributed by atoms with Gasteiger partial charge in [0.1, 0.15) is 12.3 Å². The first kappa shape index (κ1) is 23.8. The van der Waals surface area contributed by atoms with E-state index < -0.39 is 0 Å². The summed E-state index contributed by atoms with van der Waals surface area (Å²) in [7, 11) is 3.11. The number of carbonyl (C=O) groups is 2. The lowest BCUT2D eigenvalue weighted by Crippen LogP contribution is -2.36. The van der Waals surface area contributed by atoms with E-state index in [9.17, 15) is 9.59 Å². The predicted molar refractivity (Wildman–Crippen MR) is 122 cm³/mol. The first-order chi connectivity index (χ1) is 14.9. The number of hydrogen-bond donors (Lipinski definition) is 1. The Labute approximate surface area is 183 Å². The van der Waals surface area contributed by atoms with Gasteiger partial charge in [0.15, 0.2) is 11.5 Å². The number of rotatable bonds is 10. The van der Waals surface area contributed by atoms with Gasteiger partial charge >= 0.3 is 0 Å². The lowest BCUT2D eigenvalue weighted by molar-refractivity contribution is -0.130. The molecule has 0 heterocycles. The minimum atomic E-state index is -0.301. The van der Waals surface area contributed by atoms with Crippen molar-refractivity contribution in [1.82, 2.24) is 4.90 Å². The number of likely N-dealkylation sites (N-methyl/N-ethyl adjacent to an activating group) is 1. The molecule has 2 aromatic carbocycles. The largest absolute Gasteiger partial charge is 0.495 e. The molecule has 2 rings (SSSR count). The molecule has 0 spiro atoms. The van der Waals surface area contributed by atoms with Crippen LogP contribution in [0.4, 0.5) is 5.69 Å². The van der Waals surface area contributed by atoms with Crippen molar-refractivity contribution in [2.45, 2.75) is 26.9 Å². The Morgan fingerprint density at radius 3 is 2.39 bits per heavy atom. The van der Waals surface area contributed by atoms with Gasteiger partial charge < -0.3 is 24.4 Å². The molecule has 0 unspecified atom stereocenters. The van der Waals surface area contributed by atoms with E-state index in [1.807, 2.05) is 32.9 Å². The molecule has 31 heavy (non-hydrogen) atoms. The summed E-state index contributed by atoms with van der Waals surface area (Å²) >= 11 is 0. The van der Waals surface area contributed by atoms with Crippen molar-refractivity contribution < 1.29 is 23.8 Å². The van der Waals surface area contributed by atoms with Crippen molar-refractivity contribution >= 4 is 23.6 Å². The van der Waals surface area contributed by atoms with Gasteiger partial charge in [-0.25, -0.2) is 0 Å². The van der Waals surface area contributed by atoms with Gasteiger partial charge in [-0.05, 0) is 56.7 Å². The van der Waals surface area contributed by atoms with Gasteiger partial charge in [-0.2, -0.15) is 0 Å². The number of amides is 2. The zero-order valence-corrected chi connectivity index (χ0v) is 18.7. The fourth-order valence-electron chi connectivity index (χ4n) is 2.87. The Bertz CT molecular complexity index is 924. The van der Waals surface area contributed by atoms with Gasteiger partial charge in [0.2, 0.25) is 11.8 Å². The average molecular weight is 427 g/mol. The Hall–Kier alpha value is -3.48. The minimum Gasteiger partial charge on any atom is -0.495 e. The second-order valence-electron chi connectivity index (χ2n) is 7.01. The van der Waals surface area contributed by atoms with E-state index in [0.717, 1.165) is 5.56 Å². The van der Waals surface area contributed by atoms with Crippen molar-refractivity contribution in [3.05, 3.63) is 54.1 Å². The standard InChI is InChI=1S/C24H30N2O5/c1-6-26(16-23(27)25-19-9-7-8-10-20(19)29-4)24(28)14-12-18-11-13-21(31-17(2)3)22(15-18)30-5/h7-15,17H,6,16H2,1-5H3,(H,25,27)/b14-12+. The van der Waals surface area contributed by atoms with Gasteiger partial charge in [0, 0.05) is 12.6 Å². The minimum absolute atomic E-state index is 0.0250. The summed E-state index contributed by atoms with van der Waals surface area (Å²) in [5.41, 5.74) is 1.35. The van der Waals surface area contributed by atoms with Crippen LogP contribution in [0.3, 0.4) is 0 Å². The van der Waals surface area contributed by atoms with Gasteiger partial charge in [-0.15, -0.1) is 0 Å². The number of ether oxygens (including phenoxy) is 3. The molecule has 0 bridgehead atoms. The van der Waals surface area contributed by atoms with Crippen molar-refractivity contribution in [2.24, 2.45) is 0 Å². The number of hydrogen-bond acceptors (Lipinski definition) is 5. The molecule has 1 N–H and O–H groups in total. The molecule has 7 nitrogen and oxygen atoms in total. The molecule has 0 fully saturated rings. The van der Waals surface area contributed by atoms with Crippen molar-refractivity contribution in [1.29, 1.82) is 0 Å². The quantitative estimate of drug-likeness (QED) is 0.581. The van der Waals surface area contributed by atoms with Crippen LogP contribution >= 0.6 is 0 Å². The molecule has 2 aromatic rings. The molecule has 7 heteroatoms. The molecular formula is C24H30N2O5. The van der Waals surface area contributed by atoms with Crippen LogP contribution in [0, 0.1) is 0 Å². The van der Waals surface area contributed by atoms with E-state index in [2.05, 4.69) is 5.32 Å². The maximum absolute atomic E-state index is 12.6. The molecule has 166 valence electrons. The molecule has 0 radical (unpaired) electrons. The highest BCUT2D eigenvalue weighted by atomic mass is 16.5. The molecule has 2 amide bonds. The first-order valence-corrected chi connectivity index (χ1v) is 10.1. The summed E-state index contributed by atoms with van der Waals surface area (Å²) in [4.78, 5) is 26.5. The fraction of sp³-hybridized carbons (Fsp3) is 0.333. The lowest BCUT2D eigenvalue weighted by atomic mass is 10.2. The highest BCUT2D eigenvalue weighted by Crippen LogP contribution is 2.29. The monoisotopic (exact) mass is 426 g/mol. The number of anilines is 1. The molecule has 0 aliphatic rings. The molecular weight excluding hydrogens is 396 g/mol. The fourth-order valence-corrected chi connectivity index (χ4v) is 2.87. The highest BCUT2D eigenvalue weighted by Gasteiger charge is 2.15. The highest BCUT2D eigenvalue weighted by molar-refractivity contribution is 5.98. The van der Waals surface area contributed by atoms with E-state index >= 15 is 0 Å². The summed E-state index contributed by atoms with van der Waals surface area (Å²) in [6.45, 7) is 6.03. The summed E-state index contributed by atoms with van der Waals surface area (Å²) in [6, 6.07) is 12.6. The SMILES string of the molecule is CCN(CC(=O)Nc1ccccc1OC)C(=O)/C=C/c1ccc(OC(C)C)c(OC)c1. The average Bonchev–Trinajstić information content (AvgIpc) is 2.76. The third-order valence-electron chi connectivity index (χ3n) is 4.38. The van der Waals surface area contributed by atoms with Crippen LogP contribution in [0.2, 0.25) is 0 Å². The van der Waals surface area contributed by atoms with E-state index in [0.29, 0.717) is 29.5 Å². The molecule has 0 aliphatic heterocycles. The van der Waals surface area contributed by atoms with Crippen LogP contribution in [0.15, 0.2) is 48.5 Å². The van der Waals surface area contributed by atoms with Crippen LogP contribution < -0.4 is 19.5 Å². The van der Waals surface area contributed by atoms with Gasteiger partial charge in [0.05, 0.1) is 26.0 Å². The molecule has 0 saturated carbocycles. The van der Waals surface area contributed by atoms with Gasteiger partial charge in [-0.1, -0.05) is 18.2 Å². The molecule has 0 atom stereocenters. The topological polar surface area (TPSA) is 77.1 Å². The van der Waals surface area contributed by atoms with Crippen LogP contribution in [-0.2, 0) is 9.59 Å². The number of benzene rings is 2. The Kier molecular flexibility index (Phi) is 8.94. The van der Waals surface area contributed by atoms with Crippen LogP contribution in [0.5, 0.6) is 17.2 Å². The summed E-state index contributed by atoms with van der Waals surface area (Å²) in [5, 5.41) is 2.78. The maximum Gasteiger partial charge on any atom is 0.247 e. The lowest BCUT2D eigenvalue weighted by Gasteiger charge is -2.19. The second kappa shape index (κ2) is 11.6. The van der Waals surface area contributed by atoms with Crippen LogP contribution in [-0.4, -0.2) is 50.1 Å². The van der Waals surface area contributed by atoms with E-state index in [-0.39, 0.29) is 24.5 Å². The summed E-state index contributed by atoms with van der Waals surface area (Å²) < 4.78 is 16.3. The number of para-hydroxylation sites is 2. The van der Waals surface area contributed by atoms with Crippen LogP contribution in [0.25, 0.3) is 6.08 Å². The first-order valence-electron chi connectivity index (χ1n) is 10.1. The Morgan fingerprint density at radius 2 is 1.74 bits per heavy atom. The third-order valence-corrected chi connectivity index (χ3v) is 4.38. The van der Waals surface area contributed by atoms with Crippen LogP contribution in [0.1, 0.15) is 26.3 Å². The maximum atomic E-state index is 12.6. The van der Waals surface area contributed by atoms with Gasteiger partial charge in [0.25, 0.3) is 0 Å². The van der Waals surface area contributed by atoms with E-state index in [1.165, 1.54) is 18.1 Å². The smallest absolute Gasteiger partial charge is 0.247 e.